The number of hydrogen-bond acceptors (Lipinski definition) is 5. The second kappa shape index (κ2) is 6.63. The molecule has 2 aromatic carbocycles. The smallest absolute Gasteiger partial charge is 0.436 e. The summed E-state index contributed by atoms with van der Waals surface area (Å²) in [6.07, 6.45) is -4.18. The molecular formula is C16H10F3N3O3. The highest BCUT2D eigenvalue weighted by atomic mass is 19.4. The van der Waals surface area contributed by atoms with Gasteiger partial charge in [-0.25, -0.2) is 0 Å². The van der Waals surface area contributed by atoms with E-state index >= 15 is 0 Å². The molecule has 1 aromatic heterocycles. The molecular weight excluding hydrogens is 339 g/mol. The summed E-state index contributed by atoms with van der Waals surface area (Å²) in [5.41, 5.74) is 1.59. The summed E-state index contributed by atoms with van der Waals surface area (Å²) in [5, 5.41) is 9.49. The molecule has 0 aliphatic heterocycles. The summed E-state index contributed by atoms with van der Waals surface area (Å²) in [6.45, 7) is 0. The molecule has 128 valence electrons. The molecule has 3 aromatic rings. The average molecular weight is 349 g/mol. The summed E-state index contributed by atoms with van der Waals surface area (Å²) in [6, 6.07) is 12.2. The van der Waals surface area contributed by atoms with Crippen molar-refractivity contribution in [1.29, 1.82) is 0 Å². The highest BCUT2D eigenvalue weighted by Crippen LogP contribution is 2.28. The van der Waals surface area contributed by atoms with Crippen LogP contribution in [0.4, 0.5) is 13.2 Å². The molecule has 0 radical (unpaired) electrons. The number of aldehydes is 1. The van der Waals surface area contributed by atoms with Crippen LogP contribution < -0.4 is 9.47 Å². The van der Waals surface area contributed by atoms with E-state index in [9.17, 15) is 18.0 Å². The van der Waals surface area contributed by atoms with Crippen LogP contribution in [0.15, 0.2) is 48.5 Å². The maximum atomic E-state index is 12.1. The van der Waals surface area contributed by atoms with Gasteiger partial charge in [-0.3, -0.25) is 9.89 Å². The Labute approximate surface area is 139 Å². The van der Waals surface area contributed by atoms with Crippen LogP contribution in [0.3, 0.4) is 0 Å². The molecule has 0 amide bonds. The van der Waals surface area contributed by atoms with E-state index in [1.54, 1.807) is 24.3 Å². The normalized spacial score (nSPS) is 11.2. The van der Waals surface area contributed by atoms with Gasteiger partial charge in [0.2, 0.25) is 0 Å². The van der Waals surface area contributed by atoms with Gasteiger partial charge in [0.25, 0.3) is 5.88 Å². The Morgan fingerprint density at radius 2 is 1.48 bits per heavy atom. The highest BCUT2D eigenvalue weighted by Gasteiger charge is 2.30. The lowest BCUT2D eigenvalue weighted by Gasteiger charge is -2.09. The molecule has 0 saturated carbocycles. The Kier molecular flexibility index (Phi) is 4.38. The number of ether oxygens (including phenoxy) is 2. The number of carbonyl (C=O) groups is 1. The Hall–Kier alpha value is -3.36. The number of aromatic amines is 1. The van der Waals surface area contributed by atoms with E-state index < -0.39 is 6.36 Å². The second-order valence-corrected chi connectivity index (χ2v) is 4.85. The zero-order valence-electron chi connectivity index (χ0n) is 12.4. The zero-order chi connectivity index (χ0) is 17.9. The van der Waals surface area contributed by atoms with E-state index in [2.05, 4.69) is 20.1 Å². The first-order chi connectivity index (χ1) is 11.9. The Balaban J connectivity index is 1.73. The van der Waals surface area contributed by atoms with Gasteiger partial charge >= 0.3 is 6.36 Å². The Morgan fingerprint density at radius 3 is 2.00 bits per heavy atom. The van der Waals surface area contributed by atoms with Crippen LogP contribution in [0.25, 0.3) is 11.1 Å². The minimum atomic E-state index is -4.72. The van der Waals surface area contributed by atoms with E-state index in [4.69, 9.17) is 4.74 Å². The standard InChI is InChI=1S/C16H10F3N3O3/c17-16(18,19)25-13-7-3-11(4-8-13)10-1-5-12(6-2-10)24-15-14(9-23)20-22-21-15/h1-9H,(H,20,21,22). The van der Waals surface area contributed by atoms with Crippen molar-refractivity contribution in [2.75, 3.05) is 0 Å². The van der Waals surface area contributed by atoms with Gasteiger partial charge in [-0.1, -0.05) is 34.6 Å². The third kappa shape index (κ3) is 4.14. The Bertz CT molecular complexity index is 859. The number of H-pyrrole nitrogens is 1. The molecule has 0 aliphatic rings. The summed E-state index contributed by atoms with van der Waals surface area (Å²) in [5.74, 6) is 0.192. The quantitative estimate of drug-likeness (QED) is 0.705. The van der Waals surface area contributed by atoms with Crippen molar-refractivity contribution in [3.05, 3.63) is 54.2 Å². The molecule has 0 saturated heterocycles. The van der Waals surface area contributed by atoms with E-state index in [1.807, 2.05) is 0 Å². The summed E-state index contributed by atoms with van der Waals surface area (Å²) < 4.78 is 45.7. The minimum Gasteiger partial charge on any atom is -0.436 e. The maximum absolute atomic E-state index is 12.1. The zero-order valence-corrected chi connectivity index (χ0v) is 12.4. The van der Waals surface area contributed by atoms with Crippen LogP contribution >= 0.6 is 0 Å². The molecule has 0 spiro atoms. The first-order valence-electron chi connectivity index (χ1n) is 6.95. The molecule has 6 nitrogen and oxygen atoms in total. The number of carbonyl (C=O) groups excluding carboxylic acids is 1. The number of aromatic nitrogens is 3. The minimum absolute atomic E-state index is 0.0522. The topological polar surface area (TPSA) is 77.1 Å². The van der Waals surface area contributed by atoms with Crippen LogP contribution in [0.5, 0.6) is 17.4 Å². The highest BCUT2D eigenvalue weighted by molar-refractivity contribution is 5.75. The predicted octanol–water partition coefficient (Wildman–Crippen LogP) is 3.98. The number of alkyl halides is 3. The summed E-state index contributed by atoms with van der Waals surface area (Å²) in [4.78, 5) is 10.8. The fourth-order valence-corrected chi connectivity index (χ4v) is 2.05. The lowest BCUT2D eigenvalue weighted by atomic mass is 10.1. The average Bonchev–Trinajstić information content (AvgIpc) is 3.02. The SMILES string of the molecule is O=Cc1[nH]nnc1Oc1ccc(-c2ccc(OC(F)(F)F)cc2)cc1. The van der Waals surface area contributed by atoms with Crippen LogP contribution in [0.2, 0.25) is 0 Å². The third-order valence-corrected chi connectivity index (χ3v) is 3.15. The van der Waals surface area contributed by atoms with Gasteiger partial charge in [0.1, 0.15) is 11.5 Å². The molecule has 1 N–H and O–H groups in total. The second-order valence-electron chi connectivity index (χ2n) is 4.85. The van der Waals surface area contributed by atoms with Gasteiger partial charge in [0, 0.05) is 0 Å². The van der Waals surface area contributed by atoms with Gasteiger partial charge < -0.3 is 9.47 Å². The van der Waals surface area contributed by atoms with Crippen molar-refractivity contribution >= 4 is 6.29 Å². The molecule has 9 heteroatoms. The molecule has 0 fully saturated rings. The fourth-order valence-electron chi connectivity index (χ4n) is 2.05. The molecule has 0 atom stereocenters. The van der Waals surface area contributed by atoms with Crippen molar-refractivity contribution < 1.29 is 27.4 Å². The van der Waals surface area contributed by atoms with E-state index in [-0.39, 0.29) is 17.3 Å². The first kappa shape index (κ1) is 16.5. The van der Waals surface area contributed by atoms with Crippen LogP contribution in [-0.4, -0.2) is 28.1 Å². The van der Waals surface area contributed by atoms with Crippen LogP contribution in [-0.2, 0) is 0 Å². The number of nitrogens with one attached hydrogen (secondary N) is 1. The molecule has 0 bridgehead atoms. The maximum Gasteiger partial charge on any atom is 0.573 e. The largest absolute Gasteiger partial charge is 0.573 e. The predicted molar refractivity (Wildman–Crippen MR) is 80.4 cm³/mol. The summed E-state index contributed by atoms with van der Waals surface area (Å²) in [7, 11) is 0. The fraction of sp³-hybridized carbons (Fsp3) is 0.0625. The number of hydrogen-bond donors (Lipinski definition) is 1. The lowest BCUT2D eigenvalue weighted by molar-refractivity contribution is -0.274. The van der Waals surface area contributed by atoms with E-state index in [1.165, 1.54) is 24.3 Å². The molecule has 25 heavy (non-hydrogen) atoms. The van der Waals surface area contributed by atoms with Crippen molar-refractivity contribution in [2.45, 2.75) is 6.36 Å². The first-order valence-corrected chi connectivity index (χ1v) is 6.95. The van der Waals surface area contributed by atoms with Crippen LogP contribution in [0, 0.1) is 0 Å². The number of nitrogens with zero attached hydrogens (tertiary/aromatic N) is 2. The summed E-state index contributed by atoms with van der Waals surface area (Å²) >= 11 is 0. The van der Waals surface area contributed by atoms with Gasteiger partial charge in [0.05, 0.1) is 0 Å². The van der Waals surface area contributed by atoms with Crippen molar-refractivity contribution in [1.82, 2.24) is 15.4 Å². The van der Waals surface area contributed by atoms with E-state index in [0.717, 1.165) is 5.56 Å². The van der Waals surface area contributed by atoms with Crippen molar-refractivity contribution in [2.24, 2.45) is 0 Å². The van der Waals surface area contributed by atoms with E-state index in [0.29, 0.717) is 17.6 Å². The van der Waals surface area contributed by atoms with Gasteiger partial charge in [0.15, 0.2) is 12.0 Å². The number of halogens is 3. The number of benzene rings is 2. The molecule has 3 rings (SSSR count). The van der Waals surface area contributed by atoms with Crippen LogP contribution in [0.1, 0.15) is 10.5 Å². The van der Waals surface area contributed by atoms with Gasteiger partial charge in [-0.15, -0.1) is 13.2 Å². The van der Waals surface area contributed by atoms with Crippen molar-refractivity contribution in [3.8, 4) is 28.5 Å². The van der Waals surface area contributed by atoms with Gasteiger partial charge in [-0.2, -0.15) is 0 Å². The lowest BCUT2D eigenvalue weighted by Crippen LogP contribution is -2.16. The molecule has 0 aliphatic carbocycles. The number of rotatable bonds is 5. The third-order valence-electron chi connectivity index (χ3n) is 3.15. The Morgan fingerprint density at radius 1 is 0.920 bits per heavy atom. The molecule has 0 unspecified atom stereocenters. The monoisotopic (exact) mass is 349 g/mol. The van der Waals surface area contributed by atoms with Crippen molar-refractivity contribution in [3.63, 3.8) is 0 Å². The van der Waals surface area contributed by atoms with Gasteiger partial charge in [-0.05, 0) is 35.4 Å². The molecule has 1 heterocycles.